The van der Waals surface area contributed by atoms with Crippen LogP contribution < -0.4 is 0 Å². The van der Waals surface area contributed by atoms with Gasteiger partial charge in [-0.05, 0) is 36.2 Å². The molecule has 2 nitrogen and oxygen atoms in total. The molecule has 1 fully saturated rings. The van der Waals surface area contributed by atoms with Gasteiger partial charge in [-0.3, -0.25) is 4.79 Å². The van der Waals surface area contributed by atoms with E-state index in [9.17, 15) is 9.90 Å². The lowest BCUT2D eigenvalue weighted by Gasteiger charge is -2.34. The molecule has 1 aromatic carbocycles. The van der Waals surface area contributed by atoms with Gasteiger partial charge in [0.2, 0.25) is 0 Å². The van der Waals surface area contributed by atoms with Crippen LogP contribution in [0, 0.1) is 17.3 Å². The highest BCUT2D eigenvalue weighted by Crippen LogP contribution is 2.49. The monoisotopic (exact) mass is 284 g/mol. The number of benzene rings is 1. The Morgan fingerprint density at radius 1 is 1.48 bits per heavy atom. The standard InChI is InChI=1S/C19H24O2/c1-3-17(18(20)21)19(2)14-8-13-16(19)12-7-11-15-9-5-4-6-10-15/h3-7,9-10,12,16-17H,1,8,11,13-14H2,2H3,(H,20,21)/b12-7+/t16-,17-,19-/m1/s1. The summed E-state index contributed by atoms with van der Waals surface area (Å²) in [5.74, 6) is -0.900. The molecular weight excluding hydrogens is 260 g/mol. The molecule has 0 radical (unpaired) electrons. The van der Waals surface area contributed by atoms with Gasteiger partial charge in [0.25, 0.3) is 0 Å². The summed E-state index contributed by atoms with van der Waals surface area (Å²) in [6, 6.07) is 10.3. The van der Waals surface area contributed by atoms with Gasteiger partial charge in [-0.2, -0.15) is 0 Å². The fourth-order valence-corrected chi connectivity index (χ4v) is 3.55. The maximum Gasteiger partial charge on any atom is 0.310 e. The summed E-state index contributed by atoms with van der Waals surface area (Å²) in [7, 11) is 0. The van der Waals surface area contributed by atoms with Crippen LogP contribution in [0.4, 0.5) is 0 Å². The normalized spacial score (nSPS) is 26.8. The summed E-state index contributed by atoms with van der Waals surface area (Å²) in [4.78, 5) is 11.5. The largest absolute Gasteiger partial charge is 0.481 e. The van der Waals surface area contributed by atoms with Crippen molar-refractivity contribution in [1.82, 2.24) is 0 Å². The fourth-order valence-electron chi connectivity index (χ4n) is 3.55. The van der Waals surface area contributed by atoms with Crippen LogP contribution in [0.2, 0.25) is 0 Å². The third kappa shape index (κ3) is 3.44. The lowest BCUT2D eigenvalue weighted by Crippen LogP contribution is -2.34. The average molecular weight is 284 g/mol. The number of hydrogen-bond acceptors (Lipinski definition) is 1. The van der Waals surface area contributed by atoms with Crippen LogP contribution in [0.15, 0.2) is 55.1 Å². The Labute approximate surface area is 127 Å². The molecule has 1 aromatic rings. The molecule has 0 heterocycles. The maximum absolute atomic E-state index is 11.5. The van der Waals surface area contributed by atoms with Crippen LogP contribution >= 0.6 is 0 Å². The third-order valence-electron chi connectivity index (χ3n) is 4.85. The molecule has 2 heteroatoms. The third-order valence-corrected chi connectivity index (χ3v) is 4.85. The quantitative estimate of drug-likeness (QED) is 0.782. The molecular formula is C19H24O2. The Balaban J connectivity index is 2.08. The van der Waals surface area contributed by atoms with Gasteiger partial charge in [0.1, 0.15) is 0 Å². The predicted octanol–water partition coefficient (Wildman–Crippen LogP) is 4.48. The van der Waals surface area contributed by atoms with Crippen LogP contribution in [-0.4, -0.2) is 11.1 Å². The second-order valence-electron chi connectivity index (χ2n) is 6.17. The van der Waals surface area contributed by atoms with Gasteiger partial charge in [-0.1, -0.05) is 61.9 Å². The molecule has 2 rings (SSSR count). The summed E-state index contributed by atoms with van der Waals surface area (Å²) >= 11 is 0. The van der Waals surface area contributed by atoms with E-state index in [0.717, 1.165) is 25.7 Å². The van der Waals surface area contributed by atoms with Gasteiger partial charge in [-0.15, -0.1) is 6.58 Å². The Bertz CT molecular complexity index is 518. The Morgan fingerprint density at radius 3 is 2.81 bits per heavy atom. The molecule has 0 saturated heterocycles. The minimum atomic E-state index is -0.754. The van der Waals surface area contributed by atoms with Crippen molar-refractivity contribution in [2.24, 2.45) is 17.3 Å². The second kappa shape index (κ2) is 6.75. The molecule has 1 saturated carbocycles. The van der Waals surface area contributed by atoms with E-state index in [-0.39, 0.29) is 5.41 Å². The smallest absolute Gasteiger partial charge is 0.310 e. The first-order chi connectivity index (χ1) is 10.1. The van der Waals surface area contributed by atoms with Crippen LogP contribution in [0.25, 0.3) is 0 Å². The molecule has 0 bridgehead atoms. The summed E-state index contributed by atoms with van der Waals surface area (Å²) in [5.41, 5.74) is 1.08. The molecule has 1 aliphatic rings. The first-order valence-corrected chi connectivity index (χ1v) is 7.64. The zero-order chi connectivity index (χ0) is 15.3. The summed E-state index contributed by atoms with van der Waals surface area (Å²) < 4.78 is 0. The first-order valence-electron chi connectivity index (χ1n) is 7.64. The number of allylic oxidation sites excluding steroid dienone is 2. The average Bonchev–Trinajstić information content (AvgIpc) is 2.82. The molecule has 21 heavy (non-hydrogen) atoms. The van der Waals surface area contributed by atoms with Crippen LogP contribution in [0.1, 0.15) is 31.7 Å². The number of rotatable bonds is 6. The number of aliphatic carboxylic acids is 1. The summed E-state index contributed by atoms with van der Waals surface area (Å²) in [6.07, 6.45) is 10.0. The molecule has 3 atom stereocenters. The highest BCUT2D eigenvalue weighted by Gasteiger charge is 2.45. The van der Waals surface area contributed by atoms with E-state index in [0.29, 0.717) is 5.92 Å². The van der Waals surface area contributed by atoms with E-state index in [1.165, 1.54) is 5.56 Å². The molecule has 112 valence electrons. The van der Waals surface area contributed by atoms with E-state index in [2.05, 4.69) is 37.8 Å². The summed E-state index contributed by atoms with van der Waals surface area (Å²) in [5, 5.41) is 9.42. The van der Waals surface area contributed by atoms with E-state index >= 15 is 0 Å². The molecule has 0 amide bonds. The van der Waals surface area contributed by atoms with E-state index in [4.69, 9.17) is 0 Å². The second-order valence-corrected chi connectivity index (χ2v) is 6.17. The lowest BCUT2D eigenvalue weighted by molar-refractivity contribution is -0.144. The topological polar surface area (TPSA) is 37.3 Å². The van der Waals surface area contributed by atoms with Crippen LogP contribution in [-0.2, 0) is 11.2 Å². The minimum absolute atomic E-state index is 0.208. The summed E-state index contributed by atoms with van der Waals surface area (Å²) in [6.45, 7) is 5.82. The van der Waals surface area contributed by atoms with Gasteiger partial charge < -0.3 is 5.11 Å². The van der Waals surface area contributed by atoms with Crippen molar-refractivity contribution in [1.29, 1.82) is 0 Å². The van der Waals surface area contributed by atoms with Gasteiger partial charge in [0.15, 0.2) is 0 Å². The van der Waals surface area contributed by atoms with Gasteiger partial charge in [0, 0.05) is 0 Å². The number of carboxylic acids is 1. The van der Waals surface area contributed by atoms with Gasteiger partial charge >= 0.3 is 5.97 Å². The van der Waals surface area contributed by atoms with Crippen molar-refractivity contribution >= 4 is 5.97 Å². The zero-order valence-corrected chi connectivity index (χ0v) is 12.7. The Morgan fingerprint density at radius 2 is 2.19 bits per heavy atom. The van der Waals surface area contributed by atoms with E-state index in [1.54, 1.807) is 6.08 Å². The highest BCUT2D eigenvalue weighted by atomic mass is 16.4. The van der Waals surface area contributed by atoms with Gasteiger partial charge in [0.05, 0.1) is 5.92 Å². The van der Waals surface area contributed by atoms with Gasteiger partial charge in [-0.25, -0.2) is 0 Å². The van der Waals surface area contributed by atoms with E-state index < -0.39 is 11.9 Å². The fraction of sp³-hybridized carbons (Fsp3) is 0.421. The van der Waals surface area contributed by atoms with E-state index in [1.807, 2.05) is 18.2 Å². The molecule has 0 aromatic heterocycles. The maximum atomic E-state index is 11.5. The molecule has 1 aliphatic carbocycles. The van der Waals surface area contributed by atoms with Crippen molar-refractivity contribution in [2.45, 2.75) is 32.6 Å². The Hall–Kier alpha value is -1.83. The number of hydrogen-bond donors (Lipinski definition) is 1. The van der Waals surface area contributed by atoms with Crippen LogP contribution in [0.5, 0.6) is 0 Å². The SMILES string of the molecule is C=C[C@H](C(=O)O)[C@]1(C)CCC[C@H]1/C=C/Cc1ccccc1. The number of carboxylic acid groups (broad SMARTS) is 1. The van der Waals surface area contributed by atoms with Crippen molar-refractivity contribution in [3.63, 3.8) is 0 Å². The van der Waals surface area contributed by atoms with Crippen molar-refractivity contribution in [3.8, 4) is 0 Å². The first kappa shape index (κ1) is 15.6. The highest BCUT2D eigenvalue weighted by molar-refractivity contribution is 5.73. The zero-order valence-electron chi connectivity index (χ0n) is 12.7. The van der Waals surface area contributed by atoms with Crippen molar-refractivity contribution in [2.75, 3.05) is 0 Å². The Kier molecular flexibility index (Phi) is 5.00. The van der Waals surface area contributed by atoms with Crippen molar-refractivity contribution in [3.05, 3.63) is 60.7 Å². The molecule has 0 aliphatic heterocycles. The molecule has 0 spiro atoms. The van der Waals surface area contributed by atoms with Crippen molar-refractivity contribution < 1.29 is 9.90 Å². The predicted molar refractivity (Wildman–Crippen MR) is 86.1 cm³/mol. The lowest BCUT2D eigenvalue weighted by atomic mass is 9.69. The molecule has 1 N–H and O–H groups in total. The molecule has 0 unspecified atom stereocenters. The minimum Gasteiger partial charge on any atom is -0.481 e. The van der Waals surface area contributed by atoms with Crippen LogP contribution in [0.3, 0.4) is 0 Å². The number of carbonyl (C=O) groups is 1.